The minimum atomic E-state index is 0.496. The van der Waals surface area contributed by atoms with E-state index in [-0.39, 0.29) is 0 Å². The van der Waals surface area contributed by atoms with Crippen LogP contribution in [0.5, 0.6) is 0 Å². The van der Waals surface area contributed by atoms with Crippen molar-refractivity contribution >= 4 is 17.2 Å². The summed E-state index contributed by atoms with van der Waals surface area (Å²) >= 11 is 1.74. The van der Waals surface area contributed by atoms with Crippen molar-refractivity contribution in [2.24, 2.45) is 0 Å². The van der Waals surface area contributed by atoms with Crippen LogP contribution in [0.15, 0.2) is 29.0 Å². The van der Waals surface area contributed by atoms with E-state index in [2.05, 4.69) is 72.0 Å². The molecule has 0 aliphatic heterocycles. The third-order valence-electron chi connectivity index (χ3n) is 3.11. The van der Waals surface area contributed by atoms with E-state index < -0.39 is 0 Å². The minimum absolute atomic E-state index is 0.496. The molecular formula is C16H23N3S. The Labute approximate surface area is 125 Å². The van der Waals surface area contributed by atoms with Gasteiger partial charge >= 0.3 is 0 Å². The topological polar surface area (TPSA) is 28.2 Å². The van der Waals surface area contributed by atoms with Gasteiger partial charge in [-0.05, 0) is 47.0 Å². The van der Waals surface area contributed by atoms with Gasteiger partial charge in [-0.25, -0.2) is 4.98 Å². The van der Waals surface area contributed by atoms with Crippen LogP contribution in [0.4, 0.5) is 5.82 Å². The monoisotopic (exact) mass is 289 g/mol. The van der Waals surface area contributed by atoms with Crippen LogP contribution in [0.3, 0.4) is 0 Å². The molecule has 1 N–H and O–H groups in total. The van der Waals surface area contributed by atoms with Crippen molar-refractivity contribution < 1.29 is 0 Å². The maximum absolute atomic E-state index is 4.64. The highest BCUT2D eigenvalue weighted by molar-refractivity contribution is 7.07. The second kappa shape index (κ2) is 6.86. The molecule has 2 aromatic heterocycles. The lowest BCUT2D eigenvalue weighted by Gasteiger charge is -2.19. The van der Waals surface area contributed by atoms with Gasteiger partial charge in [0.2, 0.25) is 0 Å². The quantitative estimate of drug-likeness (QED) is 0.881. The van der Waals surface area contributed by atoms with E-state index in [1.54, 1.807) is 11.3 Å². The molecule has 0 aliphatic carbocycles. The van der Waals surface area contributed by atoms with E-state index in [9.17, 15) is 0 Å². The zero-order valence-electron chi connectivity index (χ0n) is 12.7. The molecular weight excluding hydrogens is 266 g/mol. The molecule has 0 aromatic carbocycles. The second-order valence-corrected chi connectivity index (χ2v) is 6.28. The molecule has 0 aliphatic rings. The Bertz CT molecular complexity index is 535. The molecule has 2 aromatic rings. The molecule has 0 unspecified atom stereocenters. The van der Waals surface area contributed by atoms with Crippen LogP contribution in [-0.4, -0.2) is 18.1 Å². The highest BCUT2D eigenvalue weighted by atomic mass is 32.1. The predicted molar refractivity (Wildman–Crippen MR) is 87.4 cm³/mol. The van der Waals surface area contributed by atoms with Gasteiger partial charge in [0.25, 0.3) is 0 Å². The zero-order valence-corrected chi connectivity index (χ0v) is 13.5. The Morgan fingerprint density at radius 3 is 2.75 bits per heavy atom. The second-order valence-electron chi connectivity index (χ2n) is 5.50. The summed E-state index contributed by atoms with van der Waals surface area (Å²) in [6.45, 7) is 8.17. The number of hydrogen-bond acceptors (Lipinski definition) is 4. The number of nitrogens with one attached hydrogen (secondary N) is 1. The van der Waals surface area contributed by atoms with Crippen LogP contribution in [0, 0.1) is 6.92 Å². The zero-order chi connectivity index (χ0) is 14.5. The average molecular weight is 289 g/mol. The Morgan fingerprint density at radius 1 is 1.30 bits per heavy atom. The van der Waals surface area contributed by atoms with Crippen molar-refractivity contribution in [2.45, 2.75) is 39.9 Å². The van der Waals surface area contributed by atoms with Crippen molar-refractivity contribution in [1.82, 2.24) is 10.3 Å². The molecule has 0 bridgehead atoms. The number of hydrogen-bond donors (Lipinski definition) is 1. The lowest BCUT2D eigenvalue weighted by molar-refractivity contribution is 0.588. The lowest BCUT2D eigenvalue weighted by Crippen LogP contribution is -2.23. The molecule has 0 spiro atoms. The third-order valence-corrected chi connectivity index (χ3v) is 3.84. The standard InChI is InChI=1S/C16H23N3S/c1-12(2)17-9-15-7-13(3)18-16(8-15)19(4)10-14-5-6-20-11-14/h5-8,11-12,17H,9-10H2,1-4H3. The van der Waals surface area contributed by atoms with Crippen molar-refractivity contribution in [3.63, 3.8) is 0 Å². The molecule has 2 heterocycles. The van der Waals surface area contributed by atoms with Gasteiger partial charge in [0.15, 0.2) is 0 Å². The summed E-state index contributed by atoms with van der Waals surface area (Å²) in [5.74, 6) is 1.04. The number of nitrogens with zero attached hydrogens (tertiary/aromatic N) is 2. The molecule has 3 nitrogen and oxygen atoms in total. The fourth-order valence-corrected chi connectivity index (χ4v) is 2.74. The smallest absolute Gasteiger partial charge is 0.129 e. The largest absolute Gasteiger partial charge is 0.355 e. The summed E-state index contributed by atoms with van der Waals surface area (Å²) < 4.78 is 0. The Kier molecular flexibility index (Phi) is 5.15. The Hall–Kier alpha value is -1.39. The molecule has 0 radical (unpaired) electrons. The first kappa shape index (κ1) is 15.0. The maximum atomic E-state index is 4.64. The normalized spacial score (nSPS) is 11.1. The third kappa shape index (κ3) is 4.32. The van der Waals surface area contributed by atoms with Gasteiger partial charge in [0.05, 0.1) is 0 Å². The van der Waals surface area contributed by atoms with E-state index in [1.807, 2.05) is 0 Å². The fourth-order valence-electron chi connectivity index (χ4n) is 2.08. The van der Waals surface area contributed by atoms with E-state index in [0.29, 0.717) is 6.04 Å². The number of anilines is 1. The van der Waals surface area contributed by atoms with E-state index in [1.165, 1.54) is 11.1 Å². The highest BCUT2D eigenvalue weighted by Gasteiger charge is 2.07. The summed E-state index contributed by atoms with van der Waals surface area (Å²) in [6.07, 6.45) is 0. The molecule has 0 saturated heterocycles. The molecule has 0 saturated carbocycles. The average Bonchev–Trinajstić information content (AvgIpc) is 2.88. The Morgan fingerprint density at radius 2 is 2.10 bits per heavy atom. The summed E-state index contributed by atoms with van der Waals surface area (Å²) in [5.41, 5.74) is 3.70. The Balaban J connectivity index is 2.10. The van der Waals surface area contributed by atoms with Gasteiger partial charge < -0.3 is 10.2 Å². The highest BCUT2D eigenvalue weighted by Crippen LogP contribution is 2.17. The first-order valence-corrected chi connectivity index (χ1v) is 7.92. The maximum Gasteiger partial charge on any atom is 0.129 e. The van der Waals surface area contributed by atoms with Gasteiger partial charge in [0.1, 0.15) is 5.82 Å². The van der Waals surface area contributed by atoms with Crippen LogP contribution >= 0.6 is 11.3 Å². The van der Waals surface area contributed by atoms with Crippen LogP contribution < -0.4 is 10.2 Å². The van der Waals surface area contributed by atoms with Crippen LogP contribution in [0.1, 0.15) is 30.7 Å². The van der Waals surface area contributed by atoms with Gasteiger partial charge in [0, 0.05) is 31.9 Å². The molecule has 20 heavy (non-hydrogen) atoms. The van der Waals surface area contributed by atoms with Crippen molar-refractivity contribution in [2.75, 3.05) is 11.9 Å². The van der Waals surface area contributed by atoms with Gasteiger partial charge in [-0.15, -0.1) is 0 Å². The molecule has 4 heteroatoms. The van der Waals surface area contributed by atoms with Gasteiger partial charge in [-0.2, -0.15) is 11.3 Å². The van der Waals surface area contributed by atoms with Crippen molar-refractivity contribution in [1.29, 1.82) is 0 Å². The molecule has 108 valence electrons. The molecule has 2 rings (SSSR count). The first-order valence-electron chi connectivity index (χ1n) is 6.98. The lowest BCUT2D eigenvalue weighted by atomic mass is 10.2. The summed E-state index contributed by atoms with van der Waals surface area (Å²) in [4.78, 5) is 6.85. The van der Waals surface area contributed by atoms with E-state index in [0.717, 1.165) is 24.6 Å². The SMILES string of the molecule is Cc1cc(CNC(C)C)cc(N(C)Cc2ccsc2)n1. The molecule has 0 amide bonds. The van der Waals surface area contributed by atoms with Gasteiger partial charge in [-0.1, -0.05) is 13.8 Å². The van der Waals surface area contributed by atoms with Crippen molar-refractivity contribution in [3.8, 4) is 0 Å². The molecule has 0 fully saturated rings. The number of thiophene rings is 1. The first-order chi connectivity index (χ1) is 9.54. The summed E-state index contributed by atoms with van der Waals surface area (Å²) in [5, 5.41) is 7.76. The minimum Gasteiger partial charge on any atom is -0.355 e. The number of pyridine rings is 1. The summed E-state index contributed by atoms with van der Waals surface area (Å²) in [6, 6.07) is 6.99. The number of rotatable bonds is 6. The van der Waals surface area contributed by atoms with Gasteiger partial charge in [-0.3, -0.25) is 0 Å². The van der Waals surface area contributed by atoms with E-state index in [4.69, 9.17) is 0 Å². The van der Waals surface area contributed by atoms with Crippen LogP contribution in [0.25, 0.3) is 0 Å². The predicted octanol–water partition coefficient (Wildman–Crippen LogP) is 3.59. The van der Waals surface area contributed by atoms with Crippen LogP contribution in [-0.2, 0) is 13.1 Å². The number of aryl methyl sites for hydroxylation is 1. The fraction of sp³-hybridized carbons (Fsp3) is 0.438. The summed E-state index contributed by atoms with van der Waals surface area (Å²) in [7, 11) is 2.10. The van der Waals surface area contributed by atoms with Crippen LogP contribution in [0.2, 0.25) is 0 Å². The van der Waals surface area contributed by atoms with Crippen molar-refractivity contribution in [3.05, 3.63) is 45.8 Å². The molecule has 0 atom stereocenters. The van der Waals surface area contributed by atoms with E-state index >= 15 is 0 Å². The number of aromatic nitrogens is 1.